The molecule has 1 N–H and O–H groups in total. The highest BCUT2D eigenvalue weighted by molar-refractivity contribution is 7.17. The normalized spacial score (nSPS) is 10.8. The van der Waals surface area contributed by atoms with E-state index in [-0.39, 0.29) is 5.91 Å². The van der Waals surface area contributed by atoms with Crippen LogP contribution in [0.4, 0.5) is 0 Å². The summed E-state index contributed by atoms with van der Waals surface area (Å²) in [6, 6.07) is 11.8. The van der Waals surface area contributed by atoms with Crippen molar-refractivity contribution >= 4 is 17.2 Å². The van der Waals surface area contributed by atoms with Gasteiger partial charge in [-0.05, 0) is 30.2 Å². The van der Waals surface area contributed by atoms with Crippen LogP contribution < -0.4 is 5.32 Å². The van der Waals surface area contributed by atoms with Gasteiger partial charge in [-0.3, -0.25) is 9.48 Å². The van der Waals surface area contributed by atoms with E-state index in [9.17, 15) is 4.79 Å². The SMILES string of the molecule is Cc1nc(-c2ncccn2)sc1C(=O)NCc1ccc(-c2ccnn2C)cc1. The molecule has 7 nitrogen and oxygen atoms in total. The Morgan fingerprint density at radius 3 is 2.54 bits per heavy atom. The molecule has 0 saturated heterocycles. The molecule has 0 atom stereocenters. The lowest BCUT2D eigenvalue weighted by Crippen LogP contribution is -2.22. The van der Waals surface area contributed by atoms with Crippen molar-refractivity contribution in [2.45, 2.75) is 13.5 Å². The van der Waals surface area contributed by atoms with Crippen molar-refractivity contribution < 1.29 is 4.79 Å². The molecule has 3 aromatic heterocycles. The molecular weight excluding hydrogens is 372 g/mol. The molecule has 4 aromatic rings. The largest absolute Gasteiger partial charge is 0.347 e. The lowest BCUT2D eigenvalue weighted by molar-refractivity contribution is 0.0954. The Morgan fingerprint density at radius 1 is 1.11 bits per heavy atom. The summed E-state index contributed by atoms with van der Waals surface area (Å²) in [6.45, 7) is 2.26. The van der Waals surface area contributed by atoms with Crippen LogP contribution in [-0.4, -0.2) is 30.6 Å². The predicted octanol–water partition coefficient (Wildman–Crippen LogP) is 3.24. The third-order valence-corrected chi connectivity index (χ3v) is 5.44. The Hall–Kier alpha value is -3.39. The molecule has 1 amide bonds. The van der Waals surface area contributed by atoms with E-state index in [1.165, 1.54) is 11.3 Å². The molecule has 4 rings (SSSR count). The third-order valence-electron chi connectivity index (χ3n) is 4.28. The number of nitrogens with zero attached hydrogens (tertiary/aromatic N) is 5. The van der Waals surface area contributed by atoms with Crippen LogP contribution in [0, 0.1) is 6.92 Å². The highest BCUT2D eigenvalue weighted by Crippen LogP contribution is 2.25. The minimum atomic E-state index is -0.145. The summed E-state index contributed by atoms with van der Waals surface area (Å²) in [7, 11) is 1.91. The number of nitrogens with one attached hydrogen (secondary N) is 1. The van der Waals surface area contributed by atoms with Crippen LogP contribution in [0.15, 0.2) is 55.0 Å². The molecule has 3 heterocycles. The maximum Gasteiger partial charge on any atom is 0.263 e. The molecule has 0 bridgehead atoms. The Kier molecular flexibility index (Phi) is 4.94. The van der Waals surface area contributed by atoms with E-state index in [1.807, 2.05) is 49.0 Å². The number of benzene rings is 1. The van der Waals surface area contributed by atoms with E-state index in [4.69, 9.17) is 0 Å². The summed E-state index contributed by atoms with van der Waals surface area (Å²) < 4.78 is 1.83. The van der Waals surface area contributed by atoms with Gasteiger partial charge >= 0.3 is 0 Å². The Labute approximate surface area is 166 Å². The first-order valence-corrected chi connectivity index (χ1v) is 9.54. The molecule has 0 aliphatic rings. The zero-order valence-corrected chi connectivity index (χ0v) is 16.3. The van der Waals surface area contributed by atoms with Crippen molar-refractivity contribution in [1.82, 2.24) is 30.0 Å². The van der Waals surface area contributed by atoms with Crippen LogP contribution >= 0.6 is 11.3 Å². The van der Waals surface area contributed by atoms with Gasteiger partial charge < -0.3 is 5.32 Å². The second kappa shape index (κ2) is 7.69. The van der Waals surface area contributed by atoms with Crippen molar-refractivity contribution in [3.05, 3.63) is 71.1 Å². The van der Waals surface area contributed by atoms with E-state index in [0.29, 0.717) is 27.9 Å². The summed E-state index contributed by atoms with van der Waals surface area (Å²) in [4.78, 5) is 26.0. The van der Waals surface area contributed by atoms with Crippen molar-refractivity contribution in [3.63, 3.8) is 0 Å². The van der Waals surface area contributed by atoms with Crippen LogP contribution in [0.1, 0.15) is 20.9 Å². The maximum atomic E-state index is 12.6. The summed E-state index contributed by atoms with van der Waals surface area (Å²) in [5.41, 5.74) is 3.83. The standard InChI is InChI=1S/C20H18N6OS/c1-13-17(28-20(25-13)18-21-9-3-10-22-18)19(27)23-12-14-4-6-15(7-5-14)16-8-11-24-26(16)2/h3-11H,12H2,1-2H3,(H,23,27). The van der Waals surface area contributed by atoms with Gasteiger partial charge in [0.05, 0.1) is 11.4 Å². The van der Waals surface area contributed by atoms with Crippen molar-refractivity contribution in [2.24, 2.45) is 7.05 Å². The topological polar surface area (TPSA) is 85.6 Å². The average Bonchev–Trinajstić information content (AvgIpc) is 3.33. The molecule has 1 aromatic carbocycles. The van der Waals surface area contributed by atoms with Gasteiger partial charge in [0.15, 0.2) is 10.8 Å². The first-order valence-electron chi connectivity index (χ1n) is 8.72. The van der Waals surface area contributed by atoms with Crippen LogP contribution in [0.3, 0.4) is 0 Å². The molecule has 0 aliphatic heterocycles. The summed E-state index contributed by atoms with van der Waals surface area (Å²) in [5.74, 6) is 0.383. The van der Waals surface area contributed by atoms with E-state index >= 15 is 0 Å². The molecule has 0 aliphatic carbocycles. The van der Waals surface area contributed by atoms with E-state index in [2.05, 4.69) is 25.4 Å². The first kappa shape index (κ1) is 18.0. The van der Waals surface area contributed by atoms with Gasteiger partial charge in [-0.15, -0.1) is 11.3 Å². The summed E-state index contributed by atoms with van der Waals surface area (Å²) >= 11 is 1.30. The highest BCUT2D eigenvalue weighted by Gasteiger charge is 2.17. The molecule has 140 valence electrons. The number of carbonyl (C=O) groups excluding carboxylic acids is 1. The molecule has 0 fully saturated rings. The molecule has 28 heavy (non-hydrogen) atoms. The number of carbonyl (C=O) groups is 1. The number of hydrogen-bond acceptors (Lipinski definition) is 6. The number of aromatic nitrogens is 5. The first-order chi connectivity index (χ1) is 13.6. The lowest BCUT2D eigenvalue weighted by atomic mass is 10.1. The third kappa shape index (κ3) is 3.67. The van der Waals surface area contributed by atoms with Gasteiger partial charge in [-0.2, -0.15) is 5.10 Å². The number of amides is 1. The van der Waals surface area contributed by atoms with Crippen LogP contribution in [0.2, 0.25) is 0 Å². The van der Waals surface area contributed by atoms with Crippen LogP contribution in [-0.2, 0) is 13.6 Å². The Balaban J connectivity index is 1.43. The van der Waals surface area contributed by atoms with Crippen molar-refractivity contribution in [2.75, 3.05) is 0 Å². The predicted molar refractivity (Wildman–Crippen MR) is 108 cm³/mol. The minimum absolute atomic E-state index is 0.145. The molecule has 0 radical (unpaired) electrons. The lowest BCUT2D eigenvalue weighted by Gasteiger charge is -2.06. The van der Waals surface area contributed by atoms with E-state index in [1.54, 1.807) is 24.7 Å². The monoisotopic (exact) mass is 390 g/mol. The van der Waals surface area contributed by atoms with Gasteiger partial charge in [0.25, 0.3) is 5.91 Å². The second-order valence-electron chi connectivity index (χ2n) is 6.23. The number of hydrogen-bond donors (Lipinski definition) is 1. The van der Waals surface area contributed by atoms with E-state index < -0.39 is 0 Å². The maximum absolute atomic E-state index is 12.6. The van der Waals surface area contributed by atoms with Crippen molar-refractivity contribution in [1.29, 1.82) is 0 Å². The van der Waals surface area contributed by atoms with Gasteiger partial charge in [0.2, 0.25) is 0 Å². The van der Waals surface area contributed by atoms with Gasteiger partial charge in [-0.1, -0.05) is 24.3 Å². The molecule has 0 saturated carbocycles. The number of rotatable bonds is 5. The fraction of sp³-hybridized carbons (Fsp3) is 0.150. The molecule has 0 unspecified atom stereocenters. The van der Waals surface area contributed by atoms with Crippen LogP contribution in [0.5, 0.6) is 0 Å². The smallest absolute Gasteiger partial charge is 0.263 e. The quantitative estimate of drug-likeness (QED) is 0.565. The zero-order valence-electron chi connectivity index (χ0n) is 15.5. The number of thiazole rings is 1. The van der Waals surface area contributed by atoms with Crippen molar-refractivity contribution in [3.8, 4) is 22.1 Å². The summed E-state index contributed by atoms with van der Waals surface area (Å²) in [5, 5.41) is 7.79. The number of aryl methyl sites for hydroxylation is 2. The minimum Gasteiger partial charge on any atom is -0.347 e. The van der Waals surface area contributed by atoms with Crippen LogP contribution in [0.25, 0.3) is 22.1 Å². The van der Waals surface area contributed by atoms with Gasteiger partial charge in [-0.25, -0.2) is 15.0 Å². The molecular formula is C20H18N6OS. The Morgan fingerprint density at radius 2 is 1.86 bits per heavy atom. The fourth-order valence-electron chi connectivity index (χ4n) is 2.83. The molecule has 0 spiro atoms. The van der Waals surface area contributed by atoms with Gasteiger partial charge in [0, 0.05) is 32.2 Å². The summed E-state index contributed by atoms with van der Waals surface area (Å²) in [6.07, 6.45) is 5.09. The average molecular weight is 390 g/mol. The zero-order chi connectivity index (χ0) is 19.5. The van der Waals surface area contributed by atoms with Gasteiger partial charge in [0.1, 0.15) is 4.88 Å². The van der Waals surface area contributed by atoms with E-state index in [0.717, 1.165) is 16.8 Å². The second-order valence-corrected chi connectivity index (χ2v) is 7.22. The molecule has 8 heteroatoms. The fourth-order valence-corrected chi connectivity index (χ4v) is 3.76. The Bertz CT molecular complexity index is 1100. The highest BCUT2D eigenvalue weighted by atomic mass is 32.1.